The standard InChI is InChI=1S/C14H11F3O3S/c1-10-2-8-13(9-3-10)21(18,19)20-12-6-4-11(5-7-12)14(15,16)17/h2-9H,1H3. The first-order chi connectivity index (χ1) is 9.68. The second-order valence-electron chi connectivity index (χ2n) is 4.37. The Balaban J connectivity index is 2.23. The summed E-state index contributed by atoms with van der Waals surface area (Å²) in [4.78, 5) is -0.0620. The van der Waals surface area contributed by atoms with Gasteiger partial charge in [0.1, 0.15) is 10.6 Å². The van der Waals surface area contributed by atoms with E-state index in [1.165, 1.54) is 12.1 Å². The molecule has 0 N–H and O–H groups in total. The number of rotatable bonds is 3. The van der Waals surface area contributed by atoms with Crippen molar-refractivity contribution in [3.8, 4) is 5.75 Å². The monoisotopic (exact) mass is 316 g/mol. The summed E-state index contributed by atoms with van der Waals surface area (Å²) in [6.45, 7) is 1.80. The number of hydrogen-bond acceptors (Lipinski definition) is 3. The van der Waals surface area contributed by atoms with E-state index in [2.05, 4.69) is 0 Å². The molecule has 0 spiro atoms. The molecule has 0 aliphatic heterocycles. The number of halogens is 3. The van der Waals surface area contributed by atoms with E-state index >= 15 is 0 Å². The van der Waals surface area contributed by atoms with E-state index in [1.54, 1.807) is 19.1 Å². The molecule has 2 rings (SSSR count). The van der Waals surface area contributed by atoms with Gasteiger partial charge in [0.2, 0.25) is 0 Å². The molecule has 0 bridgehead atoms. The summed E-state index contributed by atoms with van der Waals surface area (Å²) < 4.78 is 65.9. The van der Waals surface area contributed by atoms with Gasteiger partial charge in [-0.3, -0.25) is 0 Å². The first kappa shape index (κ1) is 15.4. The molecule has 0 radical (unpaired) electrons. The first-order valence-corrected chi connectivity index (χ1v) is 7.28. The van der Waals surface area contributed by atoms with Crippen molar-refractivity contribution >= 4 is 10.1 Å². The van der Waals surface area contributed by atoms with Crippen molar-refractivity contribution in [1.29, 1.82) is 0 Å². The van der Waals surface area contributed by atoms with Gasteiger partial charge in [-0.2, -0.15) is 21.6 Å². The molecule has 7 heteroatoms. The summed E-state index contributed by atoms with van der Waals surface area (Å²) in [5.41, 5.74) is 0.00561. The molecular formula is C14H11F3O3S. The Labute approximate surface area is 120 Å². The summed E-state index contributed by atoms with van der Waals surface area (Å²) in [6.07, 6.45) is -4.48. The number of benzene rings is 2. The molecule has 3 nitrogen and oxygen atoms in total. The first-order valence-electron chi connectivity index (χ1n) is 5.87. The van der Waals surface area contributed by atoms with Crippen LogP contribution in [0.15, 0.2) is 53.4 Å². The Hall–Kier alpha value is -2.02. The average Bonchev–Trinajstić information content (AvgIpc) is 2.38. The largest absolute Gasteiger partial charge is 0.416 e. The molecule has 0 amide bonds. The fourth-order valence-corrected chi connectivity index (χ4v) is 2.51. The summed E-state index contributed by atoms with van der Waals surface area (Å²) in [6, 6.07) is 9.40. The fraction of sp³-hybridized carbons (Fsp3) is 0.143. The van der Waals surface area contributed by atoms with Crippen LogP contribution in [0.2, 0.25) is 0 Å². The average molecular weight is 316 g/mol. The lowest BCUT2D eigenvalue weighted by atomic mass is 10.2. The van der Waals surface area contributed by atoms with Gasteiger partial charge in [0.15, 0.2) is 0 Å². The van der Waals surface area contributed by atoms with Crippen molar-refractivity contribution in [1.82, 2.24) is 0 Å². The smallest absolute Gasteiger partial charge is 0.379 e. The molecule has 112 valence electrons. The van der Waals surface area contributed by atoms with Crippen LogP contribution in [0.5, 0.6) is 5.75 Å². The maximum Gasteiger partial charge on any atom is 0.416 e. The van der Waals surface area contributed by atoms with E-state index in [0.717, 1.165) is 29.8 Å². The van der Waals surface area contributed by atoms with Gasteiger partial charge >= 0.3 is 16.3 Å². The van der Waals surface area contributed by atoms with Gasteiger partial charge in [-0.25, -0.2) is 0 Å². The van der Waals surface area contributed by atoms with Gasteiger partial charge in [-0.1, -0.05) is 17.7 Å². The predicted molar refractivity (Wildman–Crippen MR) is 70.4 cm³/mol. The molecule has 0 aromatic heterocycles. The number of aryl methyl sites for hydroxylation is 1. The minimum absolute atomic E-state index is 0.0620. The minimum Gasteiger partial charge on any atom is -0.379 e. The summed E-state index contributed by atoms with van der Waals surface area (Å²) >= 11 is 0. The zero-order valence-corrected chi connectivity index (χ0v) is 11.7. The van der Waals surface area contributed by atoms with Crippen LogP contribution in [0.25, 0.3) is 0 Å². The topological polar surface area (TPSA) is 43.4 Å². The highest BCUT2D eigenvalue weighted by Crippen LogP contribution is 2.30. The molecule has 0 heterocycles. The zero-order chi connectivity index (χ0) is 15.7. The summed E-state index contributed by atoms with van der Waals surface area (Å²) in [7, 11) is -4.06. The SMILES string of the molecule is Cc1ccc(S(=O)(=O)Oc2ccc(C(F)(F)F)cc2)cc1. The van der Waals surface area contributed by atoms with Gasteiger partial charge in [0, 0.05) is 0 Å². The Morgan fingerprint density at radius 2 is 1.43 bits per heavy atom. The van der Waals surface area contributed by atoms with Crippen LogP contribution < -0.4 is 4.18 Å². The molecular weight excluding hydrogens is 305 g/mol. The van der Waals surface area contributed by atoms with Crippen LogP contribution in [0.1, 0.15) is 11.1 Å². The molecule has 0 fully saturated rings. The maximum atomic E-state index is 12.4. The molecule has 2 aromatic rings. The van der Waals surface area contributed by atoms with Crippen LogP contribution >= 0.6 is 0 Å². The van der Waals surface area contributed by atoms with Crippen LogP contribution in [0.4, 0.5) is 13.2 Å². The van der Waals surface area contributed by atoms with Gasteiger partial charge in [-0.15, -0.1) is 0 Å². The zero-order valence-electron chi connectivity index (χ0n) is 10.9. The molecule has 0 aliphatic rings. The van der Waals surface area contributed by atoms with Gasteiger partial charge < -0.3 is 4.18 Å². The third kappa shape index (κ3) is 3.75. The van der Waals surface area contributed by atoms with E-state index in [1.807, 2.05) is 0 Å². The summed E-state index contributed by atoms with van der Waals surface area (Å²) in [5, 5.41) is 0. The van der Waals surface area contributed by atoms with Gasteiger partial charge in [0.25, 0.3) is 0 Å². The molecule has 0 saturated carbocycles. The Bertz CT molecular complexity index is 718. The lowest BCUT2D eigenvalue weighted by molar-refractivity contribution is -0.137. The van der Waals surface area contributed by atoms with Crippen molar-refractivity contribution in [3.63, 3.8) is 0 Å². The number of alkyl halides is 3. The molecule has 0 atom stereocenters. The predicted octanol–water partition coefficient (Wildman–Crippen LogP) is 3.78. The second kappa shape index (κ2) is 5.40. The van der Waals surface area contributed by atoms with Crippen LogP contribution in [-0.2, 0) is 16.3 Å². The van der Waals surface area contributed by atoms with Crippen LogP contribution in [0, 0.1) is 6.92 Å². The molecule has 21 heavy (non-hydrogen) atoms. The van der Waals surface area contributed by atoms with Crippen molar-refractivity contribution in [2.45, 2.75) is 18.0 Å². The molecule has 2 aromatic carbocycles. The van der Waals surface area contributed by atoms with E-state index in [-0.39, 0.29) is 10.6 Å². The summed E-state index contributed by atoms with van der Waals surface area (Å²) in [5.74, 6) is -0.177. The lowest BCUT2D eigenvalue weighted by Gasteiger charge is -2.09. The van der Waals surface area contributed by atoms with Gasteiger partial charge in [-0.05, 0) is 43.3 Å². The minimum atomic E-state index is -4.48. The molecule has 0 unspecified atom stereocenters. The molecule has 0 aliphatic carbocycles. The highest BCUT2D eigenvalue weighted by Gasteiger charge is 2.30. The van der Waals surface area contributed by atoms with Crippen molar-refractivity contribution in [2.24, 2.45) is 0 Å². The number of hydrogen-bond donors (Lipinski definition) is 0. The molecule has 0 saturated heterocycles. The van der Waals surface area contributed by atoms with E-state index in [4.69, 9.17) is 4.18 Å². The van der Waals surface area contributed by atoms with Crippen LogP contribution in [-0.4, -0.2) is 8.42 Å². The van der Waals surface area contributed by atoms with Crippen molar-refractivity contribution in [2.75, 3.05) is 0 Å². The Morgan fingerprint density at radius 1 is 0.905 bits per heavy atom. The van der Waals surface area contributed by atoms with E-state index in [0.29, 0.717) is 0 Å². The third-order valence-electron chi connectivity index (χ3n) is 2.70. The van der Waals surface area contributed by atoms with Gasteiger partial charge in [0.05, 0.1) is 5.56 Å². The Kier molecular flexibility index (Phi) is 3.95. The van der Waals surface area contributed by atoms with Crippen molar-refractivity contribution < 1.29 is 25.8 Å². The normalized spacial score (nSPS) is 12.2. The highest BCUT2D eigenvalue weighted by molar-refractivity contribution is 7.87. The van der Waals surface area contributed by atoms with Crippen LogP contribution in [0.3, 0.4) is 0 Å². The third-order valence-corrected chi connectivity index (χ3v) is 3.96. The van der Waals surface area contributed by atoms with E-state index < -0.39 is 21.9 Å². The van der Waals surface area contributed by atoms with E-state index in [9.17, 15) is 21.6 Å². The van der Waals surface area contributed by atoms with Crippen molar-refractivity contribution in [3.05, 3.63) is 59.7 Å². The second-order valence-corrected chi connectivity index (χ2v) is 5.92. The highest BCUT2D eigenvalue weighted by atomic mass is 32.2. The lowest BCUT2D eigenvalue weighted by Crippen LogP contribution is -2.10. The fourth-order valence-electron chi connectivity index (χ4n) is 1.58. The maximum absolute atomic E-state index is 12.4. The quantitative estimate of drug-likeness (QED) is 0.809. The Morgan fingerprint density at radius 3 is 1.90 bits per heavy atom.